The van der Waals surface area contributed by atoms with Gasteiger partial charge in [0.15, 0.2) is 0 Å². The minimum absolute atomic E-state index is 0.00102. The van der Waals surface area contributed by atoms with Crippen molar-refractivity contribution in [2.45, 2.75) is 24.8 Å². The number of rotatable bonds is 5. The van der Waals surface area contributed by atoms with E-state index >= 15 is 0 Å². The highest BCUT2D eigenvalue weighted by molar-refractivity contribution is 7.89. The normalized spacial score (nSPS) is 11.7. The third kappa shape index (κ3) is 3.12. The van der Waals surface area contributed by atoms with Gasteiger partial charge in [0, 0.05) is 11.4 Å². The molecule has 128 valence electrons. The van der Waals surface area contributed by atoms with Crippen molar-refractivity contribution in [3.05, 3.63) is 44.5 Å². The van der Waals surface area contributed by atoms with Gasteiger partial charge in [0.05, 0.1) is 26.2 Å². The van der Waals surface area contributed by atoms with Crippen LogP contribution in [0.1, 0.15) is 13.8 Å². The second-order valence-electron chi connectivity index (χ2n) is 5.33. The number of sulfonamides is 1. The largest absolute Gasteiger partial charge is 0.377 e. The number of nitrogens with zero attached hydrogens (tertiary/aromatic N) is 2. The second kappa shape index (κ2) is 6.02. The quantitative estimate of drug-likeness (QED) is 0.614. The van der Waals surface area contributed by atoms with Crippen LogP contribution in [0.3, 0.4) is 0 Å². The van der Waals surface area contributed by atoms with Crippen LogP contribution in [0, 0.1) is 20.2 Å². The zero-order valence-electron chi connectivity index (χ0n) is 12.7. The zero-order chi connectivity index (χ0) is 18.2. The lowest BCUT2D eigenvalue weighted by molar-refractivity contribution is -0.392. The SMILES string of the molecule is CC(C)Nc1c([N+](=O)[O-])cc([N+](=O)[O-])c2c(S(N)(=O)=O)cccc12. The van der Waals surface area contributed by atoms with E-state index in [2.05, 4.69) is 5.32 Å². The summed E-state index contributed by atoms with van der Waals surface area (Å²) < 4.78 is 23.5. The number of primary sulfonamides is 1. The Morgan fingerprint density at radius 1 is 1.12 bits per heavy atom. The monoisotopic (exact) mass is 354 g/mol. The molecule has 0 spiro atoms. The van der Waals surface area contributed by atoms with Crippen molar-refractivity contribution in [2.24, 2.45) is 5.14 Å². The highest BCUT2D eigenvalue weighted by atomic mass is 32.2. The van der Waals surface area contributed by atoms with Gasteiger partial charge in [0.25, 0.3) is 11.4 Å². The van der Waals surface area contributed by atoms with Gasteiger partial charge in [-0.25, -0.2) is 13.6 Å². The van der Waals surface area contributed by atoms with E-state index in [0.717, 1.165) is 12.1 Å². The van der Waals surface area contributed by atoms with Crippen molar-refractivity contribution in [1.82, 2.24) is 0 Å². The number of nitro groups is 2. The number of fused-ring (bicyclic) bond motifs is 1. The lowest BCUT2D eigenvalue weighted by Gasteiger charge is -2.14. The molecule has 0 aromatic heterocycles. The minimum atomic E-state index is -4.27. The molecule has 2 aromatic carbocycles. The van der Waals surface area contributed by atoms with Crippen LogP contribution in [-0.4, -0.2) is 24.3 Å². The summed E-state index contributed by atoms with van der Waals surface area (Å²) in [4.78, 5) is 20.5. The first-order chi connectivity index (χ1) is 11.0. The summed E-state index contributed by atoms with van der Waals surface area (Å²) in [6, 6.07) is 4.32. The number of hydrogen-bond donors (Lipinski definition) is 2. The van der Waals surface area contributed by atoms with Crippen molar-refractivity contribution in [3.63, 3.8) is 0 Å². The maximum atomic E-state index is 11.8. The first kappa shape index (κ1) is 17.6. The van der Waals surface area contributed by atoms with E-state index in [1.54, 1.807) is 13.8 Å². The first-order valence-corrected chi connectivity index (χ1v) is 8.26. The maximum Gasteiger partial charge on any atom is 0.299 e. The standard InChI is InChI=1S/C13H14N4O6S/c1-7(2)15-13-8-4-3-5-11(24(14,22)23)12(8)9(16(18)19)6-10(13)17(20)21/h3-7,15H,1-2H3,(H2,14,22,23). The van der Waals surface area contributed by atoms with Crippen molar-refractivity contribution < 1.29 is 18.3 Å². The lowest BCUT2D eigenvalue weighted by Crippen LogP contribution is -2.15. The average molecular weight is 354 g/mol. The van der Waals surface area contributed by atoms with Crippen LogP contribution in [-0.2, 0) is 10.0 Å². The molecule has 24 heavy (non-hydrogen) atoms. The molecule has 0 bridgehead atoms. The Morgan fingerprint density at radius 3 is 2.17 bits per heavy atom. The van der Waals surface area contributed by atoms with Gasteiger partial charge >= 0.3 is 0 Å². The molecule has 2 aromatic rings. The summed E-state index contributed by atoms with van der Waals surface area (Å²) in [7, 11) is -4.27. The zero-order valence-corrected chi connectivity index (χ0v) is 13.5. The Kier molecular flexibility index (Phi) is 4.40. The average Bonchev–Trinajstić information content (AvgIpc) is 2.44. The van der Waals surface area contributed by atoms with E-state index in [4.69, 9.17) is 5.14 Å². The van der Waals surface area contributed by atoms with Gasteiger partial charge in [0.2, 0.25) is 10.0 Å². The third-order valence-corrected chi connectivity index (χ3v) is 4.17. The Balaban J connectivity index is 3.10. The Labute approximate surface area is 136 Å². The number of anilines is 1. The van der Waals surface area contributed by atoms with Gasteiger partial charge in [-0.3, -0.25) is 20.2 Å². The Hall–Kier alpha value is -2.79. The number of hydrogen-bond acceptors (Lipinski definition) is 7. The highest BCUT2D eigenvalue weighted by Crippen LogP contribution is 2.42. The summed E-state index contributed by atoms with van der Waals surface area (Å²) in [5.74, 6) is 0. The lowest BCUT2D eigenvalue weighted by atomic mass is 10.0. The number of non-ortho nitro benzene ring substituents is 1. The van der Waals surface area contributed by atoms with E-state index in [9.17, 15) is 28.6 Å². The number of nitrogens with two attached hydrogens (primary N) is 1. The molecule has 0 saturated heterocycles. The van der Waals surface area contributed by atoms with Crippen molar-refractivity contribution >= 4 is 37.9 Å². The van der Waals surface area contributed by atoms with Crippen LogP contribution in [0.5, 0.6) is 0 Å². The van der Waals surface area contributed by atoms with E-state index in [1.807, 2.05) is 0 Å². The fourth-order valence-electron chi connectivity index (χ4n) is 2.38. The molecule has 2 rings (SSSR count). The third-order valence-electron chi connectivity index (χ3n) is 3.21. The number of nitro benzene ring substituents is 2. The van der Waals surface area contributed by atoms with Crippen LogP contribution < -0.4 is 10.5 Å². The van der Waals surface area contributed by atoms with Crippen LogP contribution in [0.15, 0.2) is 29.2 Å². The molecule has 0 aliphatic heterocycles. The molecule has 0 heterocycles. The molecule has 0 amide bonds. The minimum Gasteiger partial charge on any atom is -0.377 e. The van der Waals surface area contributed by atoms with Crippen LogP contribution in [0.4, 0.5) is 17.1 Å². The molecule has 10 nitrogen and oxygen atoms in total. The smallest absolute Gasteiger partial charge is 0.299 e. The van der Waals surface area contributed by atoms with Gasteiger partial charge in [-0.15, -0.1) is 0 Å². The summed E-state index contributed by atoms with van der Waals surface area (Å²) in [5, 5.41) is 30.4. The van der Waals surface area contributed by atoms with Crippen LogP contribution in [0.2, 0.25) is 0 Å². The van der Waals surface area contributed by atoms with Crippen LogP contribution in [0.25, 0.3) is 10.8 Å². The first-order valence-electron chi connectivity index (χ1n) is 6.72. The van der Waals surface area contributed by atoms with E-state index < -0.39 is 36.1 Å². The molecule has 0 saturated carbocycles. The number of benzene rings is 2. The molecule has 3 N–H and O–H groups in total. The van der Waals surface area contributed by atoms with Gasteiger partial charge < -0.3 is 5.32 Å². The van der Waals surface area contributed by atoms with Gasteiger partial charge in [-0.2, -0.15) is 0 Å². The molecule has 0 aliphatic rings. The summed E-state index contributed by atoms with van der Waals surface area (Å²) in [6.45, 7) is 3.45. The highest BCUT2D eigenvalue weighted by Gasteiger charge is 2.29. The maximum absolute atomic E-state index is 11.8. The number of nitrogens with one attached hydrogen (secondary N) is 1. The van der Waals surface area contributed by atoms with Crippen LogP contribution >= 0.6 is 0 Å². The molecular formula is C13H14N4O6S. The fourth-order valence-corrected chi connectivity index (χ4v) is 3.15. The molecule has 0 radical (unpaired) electrons. The summed E-state index contributed by atoms with van der Waals surface area (Å²) in [6.07, 6.45) is 0. The Morgan fingerprint density at radius 2 is 1.71 bits per heavy atom. The van der Waals surface area contributed by atoms with E-state index in [1.165, 1.54) is 12.1 Å². The molecule has 0 atom stereocenters. The Bertz CT molecular complexity index is 955. The van der Waals surface area contributed by atoms with Crippen molar-refractivity contribution in [3.8, 4) is 0 Å². The summed E-state index contributed by atoms with van der Waals surface area (Å²) >= 11 is 0. The second-order valence-corrected chi connectivity index (χ2v) is 6.86. The fraction of sp³-hybridized carbons (Fsp3) is 0.231. The molecule has 0 fully saturated rings. The van der Waals surface area contributed by atoms with E-state index in [-0.39, 0.29) is 22.5 Å². The predicted octanol–water partition coefficient (Wildman–Crippen LogP) is 2.12. The van der Waals surface area contributed by atoms with Gasteiger partial charge in [-0.05, 0) is 19.9 Å². The topological polar surface area (TPSA) is 158 Å². The summed E-state index contributed by atoms with van der Waals surface area (Å²) in [5.41, 5.74) is -1.22. The van der Waals surface area contributed by atoms with Crippen molar-refractivity contribution in [1.29, 1.82) is 0 Å². The molecule has 0 aliphatic carbocycles. The molecule has 0 unspecified atom stereocenters. The molecular weight excluding hydrogens is 340 g/mol. The molecule has 11 heteroatoms. The van der Waals surface area contributed by atoms with E-state index in [0.29, 0.717) is 0 Å². The van der Waals surface area contributed by atoms with Crippen molar-refractivity contribution in [2.75, 3.05) is 5.32 Å². The van der Waals surface area contributed by atoms with Gasteiger partial charge in [0.1, 0.15) is 5.69 Å². The predicted molar refractivity (Wildman–Crippen MR) is 87.4 cm³/mol. The van der Waals surface area contributed by atoms with Gasteiger partial charge in [-0.1, -0.05) is 12.1 Å².